The summed E-state index contributed by atoms with van der Waals surface area (Å²) in [5, 5.41) is 0. The van der Waals surface area contributed by atoms with Crippen LogP contribution in [0.3, 0.4) is 0 Å². The third-order valence-corrected chi connectivity index (χ3v) is 6.46. The molecule has 5 nitrogen and oxygen atoms in total. The number of hydrogen-bond donors (Lipinski definition) is 0. The first-order chi connectivity index (χ1) is 10.7. The molecular weight excluding hydrogens is 314 g/mol. The average Bonchev–Trinajstić information content (AvgIpc) is 2.84. The predicted molar refractivity (Wildman–Crippen MR) is 91.0 cm³/mol. The van der Waals surface area contributed by atoms with E-state index in [0.717, 1.165) is 22.4 Å². The van der Waals surface area contributed by atoms with Gasteiger partial charge in [-0.2, -0.15) is 0 Å². The van der Waals surface area contributed by atoms with Crippen LogP contribution in [0.1, 0.15) is 40.4 Å². The van der Waals surface area contributed by atoms with Crippen LogP contribution < -0.4 is 4.74 Å². The molecular formula is C17H25NO4S. The molecule has 1 unspecified atom stereocenters. The molecule has 0 radical (unpaired) electrons. The third kappa shape index (κ3) is 3.37. The van der Waals surface area contributed by atoms with Crippen LogP contribution >= 0.6 is 0 Å². The molecule has 1 aromatic carbocycles. The highest BCUT2D eigenvalue weighted by atomic mass is 32.2. The van der Waals surface area contributed by atoms with E-state index in [2.05, 4.69) is 0 Å². The molecule has 1 atom stereocenters. The second kappa shape index (κ2) is 6.51. The van der Waals surface area contributed by atoms with Crippen LogP contribution in [0.5, 0.6) is 5.75 Å². The van der Waals surface area contributed by atoms with Gasteiger partial charge in [0.2, 0.25) is 0 Å². The number of carbonyl (C=O) groups is 1. The fourth-order valence-corrected chi connectivity index (χ4v) is 5.07. The number of amides is 1. The molecule has 128 valence electrons. The van der Waals surface area contributed by atoms with Crippen molar-refractivity contribution in [2.45, 2.75) is 40.2 Å². The van der Waals surface area contributed by atoms with Gasteiger partial charge in [-0.1, -0.05) is 0 Å². The first-order valence-corrected chi connectivity index (χ1v) is 9.70. The largest absolute Gasteiger partial charge is 0.496 e. The van der Waals surface area contributed by atoms with E-state index < -0.39 is 9.84 Å². The Morgan fingerprint density at radius 3 is 2.43 bits per heavy atom. The van der Waals surface area contributed by atoms with Crippen molar-refractivity contribution in [3.63, 3.8) is 0 Å². The summed E-state index contributed by atoms with van der Waals surface area (Å²) in [6, 6.07) is 1.62. The van der Waals surface area contributed by atoms with Gasteiger partial charge in [-0.15, -0.1) is 0 Å². The number of nitrogens with zero attached hydrogens (tertiary/aromatic N) is 1. The van der Waals surface area contributed by atoms with Crippen molar-refractivity contribution in [1.29, 1.82) is 0 Å². The van der Waals surface area contributed by atoms with Crippen molar-refractivity contribution in [2.24, 2.45) is 0 Å². The van der Waals surface area contributed by atoms with Gasteiger partial charge in [0.15, 0.2) is 9.84 Å². The minimum Gasteiger partial charge on any atom is -0.496 e. The zero-order chi connectivity index (χ0) is 17.4. The first-order valence-electron chi connectivity index (χ1n) is 7.88. The Balaban J connectivity index is 2.39. The fraction of sp³-hybridized carbons (Fsp3) is 0.588. The number of sulfone groups is 1. The fourth-order valence-electron chi connectivity index (χ4n) is 3.34. The van der Waals surface area contributed by atoms with Crippen molar-refractivity contribution in [3.8, 4) is 5.75 Å². The number of methoxy groups -OCH3 is 1. The Bertz CT molecular complexity index is 725. The molecule has 0 aliphatic carbocycles. The van der Waals surface area contributed by atoms with Gasteiger partial charge in [-0.25, -0.2) is 8.42 Å². The Kier molecular flexibility index (Phi) is 5.04. The van der Waals surface area contributed by atoms with Crippen LogP contribution in [0, 0.1) is 20.8 Å². The summed E-state index contributed by atoms with van der Waals surface area (Å²) in [5.41, 5.74) is 3.38. The van der Waals surface area contributed by atoms with E-state index in [1.807, 2.05) is 33.8 Å². The number of ether oxygens (including phenoxy) is 1. The lowest BCUT2D eigenvalue weighted by atomic mass is 9.97. The summed E-state index contributed by atoms with van der Waals surface area (Å²) < 4.78 is 28.9. The second-order valence-corrected chi connectivity index (χ2v) is 8.40. The minimum atomic E-state index is -3.02. The van der Waals surface area contributed by atoms with Crippen molar-refractivity contribution < 1.29 is 17.9 Å². The standard InChI is InChI=1S/C17H25NO4S/c1-6-18(14-7-8-23(20,21)10-14)17(19)15-9-11(2)16(22-5)13(4)12(15)3/h9,14H,6-8,10H2,1-5H3. The highest BCUT2D eigenvalue weighted by molar-refractivity contribution is 7.91. The van der Waals surface area contributed by atoms with E-state index >= 15 is 0 Å². The Hall–Kier alpha value is -1.56. The van der Waals surface area contributed by atoms with Gasteiger partial charge in [0, 0.05) is 18.2 Å². The van der Waals surface area contributed by atoms with Crippen molar-refractivity contribution >= 4 is 15.7 Å². The van der Waals surface area contributed by atoms with Crippen LogP contribution in [-0.4, -0.2) is 50.4 Å². The molecule has 2 rings (SSSR count). The van der Waals surface area contributed by atoms with Gasteiger partial charge in [-0.3, -0.25) is 4.79 Å². The highest BCUT2D eigenvalue weighted by Crippen LogP contribution is 2.30. The lowest BCUT2D eigenvalue weighted by Crippen LogP contribution is -2.41. The van der Waals surface area contributed by atoms with Crippen LogP contribution in [0.25, 0.3) is 0 Å². The lowest BCUT2D eigenvalue weighted by Gasteiger charge is -2.28. The van der Waals surface area contributed by atoms with Crippen molar-refractivity contribution in [2.75, 3.05) is 25.2 Å². The summed E-state index contributed by atoms with van der Waals surface area (Å²) in [5.74, 6) is 0.937. The van der Waals surface area contributed by atoms with Gasteiger partial charge in [0.05, 0.1) is 18.6 Å². The molecule has 1 heterocycles. The molecule has 6 heteroatoms. The van der Waals surface area contributed by atoms with E-state index in [0.29, 0.717) is 18.5 Å². The first kappa shape index (κ1) is 17.8. The summed E-state index contributed by atoms with van der Waals surface area (Å²) in [4.78, 5) is 14.7. The van der Waals surface area contributed by atoms with Crippen molar-refractivity contribution in [1.82, 2.24) is 4.90 Å². The summed E-state index contributed by atoms with van der Waals surface area (Å²) in [6.07, 6.45) is 0.523. The van der Waals surface area contributed by atoms with Crippen molar-refractivity contribution in [3.05, 3.63) is 28.3 Å². The zero-order valence-electron chi connectivity index (χ0n) is 14.5. The SMILES string of the molecule is CCN(C(=O)c1cc(C)c(OC)c(C)c1C)C1CCS(=O)(=O)C1. The van der Waals surface area contributed by atoms with E-state index in [1.165, 1.54) is 0 Å². The molecule has 0 spiro atoms. The Morgan fingerprint density at radius 2 is 1.96 bits per heavy atom. The lowest BCUT2D eigenvalue weighted by molar-refractivity contribution is 0.0707. The molecule has 1 aromatic rings. The van der Waals surface area contributed by atoms with Crippen LogP contribution in [0.15, 0.2) is 6.07 Å². The minimum absolute atomic E-state index is 0.0692. The summed E-state index contributed by atoms with van der Waals surface area (Å²) in [6.45, 7) is 8.15. The molecule has 0 aromatic heterocycles. The molecule has 1 aliphatic rings. The maximum absolute atomic E-state index is 13.0. The maximum atomic E-state index is 13.0. The van der Waals surface area contributed by atoms with Gasteiger partial charge in [-0.05, 0) is 56.9 Å². The van der Waals surface area contributed by atoms with E-state index in [1.54, 1.807) is 12.0 Å². The molecule has 1 amide bonds. The number of rotatable bonds is 4. The number of aryl methyl sites for hydroxylation is 1. The number of carbonyl (C=O) groups excluding carboxylic acids is 1. The van der Waals surface area contributed by atoms with Gasteiger partial charge >= 0.3 is 0 Å². The Morgan fingerprint density at radius 1 is 1.30 bits per heavy atom. The van der Waals surface area contributed by atoms with Gasteiger partial charge < -0.3 is 9.64 Å². The molecule has 1 aliphatic heterocycles. The molecule has 1 saturated heterocycles. The van der Waals surface area contributed by atoms with E-state index in [9.17, 15) is 13.2 Å². The molecule has 1 fully saturated rings. The maximum Gasteiger partial charge on any atom is 0.254 e. The molecule has 23 heavy (non-hydrogen) atoms. The topological polar surface area (TPSA) is 63.7 Å². The van der Waals surface area contributed by atoms with E-state index in [4.69, 9.17) is 4.74 Å². The highest BCUT2D eigenvalue weighted by Gasteiger charge is 2.34. The molecule has 0 N–H and O–H groups in total. The van der Waals surface area contributed by atoms with Crippen LogP contribution in [0.2, 0.25) is 0 Å². The predicted octanol–water partition coefficient (Wildman–Crippen LogP) is 2.27. The molecule has 0 saturated carbocycles. The zero-order valence-corrected chi connectivity index (χ0v) is 15.3. The number of hydrogen-bond acceptors (Lipinski definition) is 4. The summed E-state index contributed by atoms with van der Waals surface area (Å²) >= 11 is 0. The van der Waals surface area contributed by atoms with Gasteiger partial charge in [0.25, 0.3) is 5.91 Å². The molecule has 0 bridgehead atoms. The monoisotopic (exact) mass is 339 g/mol. The third-order valence-electron chi connectivity index (χ3n) is 4.71. The normalized spacial score (nSPS) is 19.6. The Labute approximate surface area is 138 Å². The number of benzene rings is 1. The van der Waals surface area contributed by atoms with Crippen LogP contribution in [-0.2, 0) is 9.84 Å². The summed E-state index contributed by atoms with van der Waals surface area (Å²) in [7, 11) is -1.39. The second-order valence-electron chi connectivity index (χ2n) is 6.17. The van der Waals surface area contributed by atoms with E-state index in [-0.39, 0.29) is 23.5 Å². The van der Waals surface area contributed by atoms with Gasteiger partial charge in [0.1, 0.15) is 5.75 Å². The van der Waals surface area contributed by atoms with Crippen LogP contribution in [0.4, 0.5) is 0 Å². The quantitative estimate of drug-likeness (QED) is 0.844. The average molecular weight is 339 g/mol. The smallest absolute Gasteiger partial charge is 0.254 e.